The quantitative estimate of drug-likeness (QED) is 0.299. The number of rotatable bonds is 10. The highest BCUT2D eigenvalue weighted by atomic mass is 16.2. The molecule has 0 aromatic carbocycles. The zero-order valence-electron chi connectivity index (χ0n) is 29.9. The van der Waals surface area contributed by atoms with Crippen molar-refractivity contribution in [2.75, 3.05) is 72.0 Å². The molecular weight excluding hydrogens is 494 g/mol. The largest absolute Gasteiger partial charge is 0.354 e. The van der Waals surface area contributed by atoms with Crippen LogP contribution in [0.15, 0.2) is 0 Å². The first kappa shape index (κ1) is 43.8. The van der Waals surface area contributed by atoms with E-state index >= 15 is 0 Å². The Morgan fingerprint density at radius 1 is 0.675 bits per heavy atom. The molecule has 0 radical (unpaired) electrons. The fourth-order valence-corrected chi connectivity index (χ4v) is 4.68. The van der Waals surface area contributed by atoms with Gasteiger partial charge in [-0.2, -0.15) is 0 Å². The Morgan fingerprint density at radius 2 is 1.07 bits per heavy atom. The third-order valence-corrected chi connectivity index (χ3v) is 6.52. The summed E-state index contributed by atoms with van der Waals surface area (Å²) in [6.07, 6.45) is 7.46. The maximum atomic E-state index is 12.3. The molecule has 244 valence electrons. The molecule has 0 atom stereocenters. The van der Waals surface area contributed by atoms with E-state index in [0.717, 1.165) is 32.1 Å². The van der Waals surface area contributed by atoms with Crippen LogP contribution in [0.2, 0.25) is 0 Å². The van der Waals surface area contributed by atoms with E-state index in [0.29, 0.717) is 18.6 Å². The lowest BCUT2D eigenvalue weighted by atomic mass is 9.96. The molecule has 0 aliphatic carbocycles. The van der Waals surface area contributed by atoms with Gasteiger partial charge in [-0.25, -0.2) is 0 Å². The summed E-state index contributed by atoms with van der Waals surface area (Å²) in [5.41, 5.74) is 0. The lowest BCUT2D eigenvalue weighted by Gasteiger charge is -2.38. The molecule has 0 bridgehead atoms. The predicted octanol–water partition coefficient (Wildman–Crippen LogP) is 7.24. The van der Waals surface area contributed by atoms with Gasteiger partial charge in [0.05, 0.1) is 6.54 Å². The fraction of sp³-hybridized carbons (Fsp3) is 0.971. The van der Waals surface area contributed by atoms with Gasteiger partial charge in [0.1, 0.15) is 0 Å². The smallest absolute Gasteiger partial charge is 0.234 e. The van der Waals surface area contributed by atoms with E-state index in [1.165, 1.54) is 77.8 Å². The van der Waals surface area contributed by atoms with Crippen LogP contribution in [-0.4, -0.2) is 110 Å². The third kappa shape index (κ3) is 26.2. The summed E-state index contributed by atoms with van der Waals surface area (Å²) in [5, 5.41) is 3.12. The first-order valence-electron chi connectivity index (χ1n) is 17.2. The lowest BCUT2D eigenvalue weighted by Crippen LogP contribution is -2.49. The number of nitrogens with one attached hydrogen (secondary N) is 1. The number of nitrogens with zero attached hydrogens (tertiary/aromatic N) is 4. The number of carbonyl (C=O) groups excluding carboxylic acids is 1. The first-order chi connectivity index (χ1) is 19.0. The van der Waals surface area contributed by atoms with Gasteiger partial charge >= 0.3 is 0 Å². The van der Waals surface area contributed by atoms with E-state index in [9.17, 15) is 4.79 Å². The van der Waals surface area contributed by atoms with Gasteiger partial charge in [0.25, 0.3) is 0 Å². The second-order valence-corrected chi connectivity index (χ2v) is 12.1. The van der Waals surface area contributed by atoms with Crippen molar-refractivity contribution < 1.29 is 4.79 Å². The molecule has 6 heteroatoms. The van der Waals surface area contributed by atoms with E-state index in [1.807, 2.05) is 0 Å². The van der Waals surface area contributed by atoms with Gasteiger partial charge < -0.3 is 15.1 Å². The maximum absolute atomic E-state index is 12.3. The van der Waals surface area contributed by atoms with Gasteiger partial charge in [0, 0.05) is 57.9 Å². The third-order valence-electron chi connectivity index (χ3n) is 6.52. The van der Waals surface area contributed by atoms with E-state index in [2.05, 4.69) is 115 Å². The zero-order chi connectivity index (χ0) is 31.3. The number of carbonyl (C=O) groups is 1. The SMILES string of the molecule is CCC.CCC.CCC.CCC.CCN1CCN(CC2CCN(CC(=O)NCCN(C(C)C)C(C)C)CC2)CC1. The molecule has 2 rings (SSSR count). The molecule has 6 nitrogen and oxygen atoms in total. The first-order valence-corrected chi connectivity index (χ1v) is 17.2. The van der Waals surface area contributed by atoms with Crippen molar-refractivity contribution in [3.05, 3.63) is 0 Å². The number of likely N-dealkylation sites (tertiary alicyclic amines) is 1. The minimum absolute atomic E-state index is 0.182. The molecule has 0 aromatic heterocycles. The Balaban J connectivity index is -0.000000974. The van der Waals surface area contributed by atoms with E-state index in [4.69, 9.17) is 0 Å². The summed E-state index contributed by atoms with van der Waals surface area (Å²) in [6.45, 7) is 39.8. The molecule has 1 N–H and O–H groups in total. The average molecular weight is 572 g/mol. The van der Waals surface area contributed by atoms with Crippen LogP contribution in [0.25, 0.3) is 0 Å². The second kappa shape index (κ2) is 31.3. The molecule has 2 saturated heterocycles. The van der Waals surface area contributed by atoms with Crippen LogP contribution in [-0.2, 0) is 4.79 Å². The number of piperidine rings is 1. The predicted molar refractivity (Wildman–Crippen MR) is 182 cm³/mol. The summed E-state index contributed by atoms with van der Waals surface area (Å²) in [4.78, 5) is 22.3. The number of hydrogen-bond acceptors (Lipinski definition) is 5. The normalized spacial score (nSPS) is 16.6. The number of likely N-dealkylation sites (N-methyl/N-ethyl adjacent to an activating group) is 1. The minimum Gasteiger partial charge on any atom is -0.354 e. The van der Waals surface area contributed by atoms with E-state index < -0.39 is 0 Å². The Labute approximate surface area is 254 Å². The molecular formula is C34H77N5O. The summed E-state index contributed by atoms with van der Waals surface area (Å²) < 4.78 is 0. The Hall–Kier alpha value is -0.690. The standard InChI is InChI=1S/C22H45N5O.4C3H8/c1-6-24-13-15-26(16-14-24)17-21-7-10-25(11-8-21)18-22(28)23-9-12-27(19(2)3)20(4)5;4*1-3-2/h19-21H,6-18H2,1-5H3,(H,23,28);4*3H2,1-2H3. The average Bonchev–Trinajstić information content (AvgIpc) is 2.90. The number of piperazine rings is 1. The van der Waals surface area contributed by atoms with Gasteiger partial charge in [-0.05, 0) is 66.1 Å². The summed E-state index contributed by atoms with van der Waals surface area (Å²) in [6, 6.07) is 1.03. The van der Waals surface area contributed by atoms with Crippen molar-refractivity contribution in [3.8, 4) is 0 Å². The summed E-state index contributed by atoms with van der Waals surface area (Å²) in [5.74, 6) is 0.986. The molecule has 0 aromatic rings. The van der Waals surface area contributed by atoms with Crippen LogP contribution >= 0.6 is 0 Å². The van der Waals surface area contributed by atoms with Gasteiger partial charge in [-0.15, -0.1) is 0 Å². The lowest BCUT2D eigenvalue weighted by molar-refractivity contribution is -0.122. The second-order valence-electron chi connectivity index (χ2n) is 12.1. The Morgan fingerprint density at radius 3 is 1.45 bits per heavy atom. The maximum Gasteiger partial charge on any atom is 0.234 e. The van der Waals surface area contributed by atoms with Gasteiger partial charge in [-0.1, -0.05) is 88.0 Å². The fourth-order valence-electron chi connectivity index (χ4n) is 4.68. The van der Waals surface area contributed by atoms with Crippen LogP contribution in [0.4, 0.5) is 0 Å². The Bertz CT molecular complexity index is 483. The number of amides is 1. The Kier molecular flexibility index (Phi) is 34.2. The highest BCUT2D eigenvalue weighted by Crippen LogP contribution is 2.19. The van der Waals surface area contributed by atoms with E-state index in [1.54, 1.807) is 0 Å². The molecule has 2 fully saturated rings. The van der Waals surface area contributed by atoms with Gasteiger partial charge in [0.2, 0.25) is 5.91 Å². The van der Waals surface area contributed by atoms with Crippen LogP contribution in [0.1, 0.15) is 129 Å². The molecule has 40 heavy (non-hydrogen) atoms. The molecule has 0 spiro atoms. The van der Waals surface area contributed by atoms with Crippen molar-refractivity contribution in [2.24, 2.45) is 5.92 Å². The molecule has 2 heterocycles. The molecule has 0 unspecified atom stereocenters. The monoisotopic (exact) mass is 572 g/mol. The topological polar surface area (TPSA) is 42.1 Å². The summed E-state index contributed by atoms with van der Waals surface area (Å²) in [7, 11) is 0. The van der Waals surface area contributed by atoms with Crippen molar-refractivity contribution in [1.29, 1.82) is 0 Å². The highest BCUT2D eigenvalue weighted by Gasteiger charge is 2.24. The van der Waals surface area contributed by atoms with Gasteiger partial charge in [0.15, 0.2) is 0 Å². The van der Waals surface area contributed by atoms with Crippen LogP contribution in [0.3, 0.4) is 0 Å². The van der Waals surface area contributed by atoms with Crippen LogP contribution < -0.4 is 5.32 Å². The van der Waals surface area contributed by atoms with Crippen molar-refractivity contribution >= 4 is 5.91 Å². The number of hydrogen-bond donors (Lipinski definition) is 1. The minimum atomic E-state index is 0.182. The molecule has 0 saturated carbocycles. The molecule has 2 aliphatic rings. The van der Waals surface area contributed by atoms with Crippen molar-refractivity contribution in [2.45, 2.75) is 141 Å². The van der Waals surface area contributed by atoms with Crippen molar-refractivity contribution in [3.63, 3.8) is 0 Å². The molecule has 1 amide bonds. The molecule has 2 aliphatic heterocycles. The van der Waals surface area contributed by atoms with Crippen LogP contribution in [0, 0.1) is 5.92 Å². The zero-order valence-corrected chi connectivity index (χ0v) is 29.9. The van der Waals surface area contributed by atoms with E-state index in [-0.39, 0.29) is 5.91 Å². The summed E-state index contributed by atoms with van der Waals surface area (Å²) >= 11 is 0. The van der Waals surface area contributed by atoms with Crippen molar-refractivity contribution in [1.82, 2.24) is 24.9 Å². The van der Waals surface area contributed by atoms with Gasteiger partial charge in [-0.3, -0.25) is 14.6 Å². The van der Waals surface area contributed by atoms with Crippen LogP contribution in [0.5, 0.6) is 0 Å². The highest BCUT2D eigenvalue weighted by molar-refractivity contribution is 5.78.